The van der Waals surface area contributed by atoms with Crippen LogP contribution in [-0.2, 0) is 0 Å². The summed E-state index contributed by atoms with van der Waals surface area (Å²) in [5, 5.41) is 7.40. The molecule has 7 heteroatoms. The van der Waals surface area contributed by atoms with Crippen LogP contribution in [0.25, 0.3) is 5.78 Å². The fourth-order valence-corrected chi connectivity index (χ4v) is 2.62. The predicted octanol–water partition coefficient (Wildman–Crippen LogP) is 1.77. The van der Waals surface area contributed by atoms with Crippen molar-refractivity contribution in [3.8, 4) is 0 Å². The first-order valence-electron chi connectivity index (χ1n) is 6.36. The molecular weight excluding hydrogens is 252 g/mol. The summed E-state index contributed by atoms with van der Waals surface area (Å²) >= 11 is 0. The maximum atomic E-state index is 12.9. The Kier molecular flexibility index (Phi) is 3.14. The Morgan fingerprint density at radius 1 is 1.47 bits per heavy atom. The smallest absolute Gasteiger partial charge is 0.280 e. The summed E-state index contributed by atoms with van der Waals surface area (Å²) in [6, 6.07) is 1.46. The number of nitrogens with one attached hydrogen (secondary N) is 1. The predicted molar refractivity (Wildman–Crippen MR) is 65.1 cm³/mol. The van der Waals surface area contributed by atoms with E-state index in [1.165, 1.54) is 12.4 Å². The van der Waals surface area contributed by atoms with Crippen molar-refractivity contribution in [3.05, 3.63) is 23.8 Å². The van der Waals surface area contributed by atoms with Crippen LogP contribution in [0.1, 0.15) is 37.1 Å². The summed E-state index contributed by atoms with van der Waals surface area (Å²) in [4.78, 5) is 7.76. The zero-order chi connectivity index (χ0) is 13.4. The van der Waals surface area contributed by atoms with E-state index in [0.29, 0.717) is 5.92 Å². The van der Waals surface area contributed by atoms with Gasteiger partial charge in [0.25, 0.3) is 12.2 Å². The summed E-state index contributed by atoms with van der Waals surface area (Å²) in [5.41, 5.74) is 0.533. The number of rotatable bonds is 2. The van der Waals surface area contributed by atoms with E-state index in [-0.39, 0.29) is 17.4 Å². The molecule has 2 aromatic rings. The van der Waals surface area contributed by atoms with E-state index in [2.05, 4.69) is 27.3 Å². The highest BCUT2D eigenvalue weighted by atomic mass is 19.3. The van der Waals surface area contributed by atoms with Crippen molar-refractivity contribution in [1.29, 1.82) is 0 Å². The molecule has 0 amide bonds. The lowest BCUT2D eigenvalue weighted by Crippen LogP contribution is -2.35. The van der Waals surface area contributed by atoms with E-state index in [0.717, 1.165) is 25.2 Å². The van der Waals surface area contributed by atoms with Gasteiger partial charge in [-0.2, -0.15) is 10.1 Å². The largest absolute Gasteiger partial charge is 0.316 e. The average Bonchev–Trinajstić information content (AvgIpc) is 2.86. The average molecular weight is 267 g/mol. The van der Waals surface area contributed by atoms with Crippen molar-refractivity contribution in [3.63, 3.8) is 0 Å². The first-order valence-corrected chi connectivity index (χ1v) is 6.36. The van der Waals surface area contributed by atoms with Crippen LogP contribution < -0.4 is 5.32 Å². The topological polar surface area (TPSA) is 55.1 Å². The van der Waals surface area contributed by atoms with Crippen molar-refractivity contribution in [2.24, 2.45) is 5.92 Å². The van der Waals surface area contributed by atoms with Gasteiger partial charge in [0.05, 0.1) is 5.69 Å². The normalized spacial score (nSPS) is 24.2. The molecule has 0 bridgehead atoms. The summed E-state index contributed by atoms with van der Waals surface area (Å²) in [7, 11) is 0. The van der Waals surface area contributed by atoms with Crippen molar-refractivity contribution in [2.75, 3.05) is 13.1 Å². The van der Waals surface area contributed by atoms with E-state index >= 15 is 0 Å². The Hall–Kier alpha value is -1.63. The fraction of sp³-hybridized carbons (Fsp3) is 0.583. The zero-order valence-electron chi connectivity index (χ0n) is 10.6. The lowest BCUT2D eigenvalue weighted by Gasteiger charge is -2.29. The number of hydrogen-bond acceptors (Lipinski definition) is 4. The van der Waals surface area contributed by atoms with Gasteiger partial charge in [0, 0.05) is 12.5 Å². The Morgan fingerprint density at radius 3 is 3.05 bits per heavy atom. The Morgan fingerprint density at radius 2 is 2.32 bits per heavy atom. The van der Waals surface area contributed by atoms with Gasteiger partial charge in [-0.3, -0.25) is 0 Å². The number of alkyl halides is 2. The molecule has 5 nitrogen and oxygen atoms in total. The summed E-state index contributed by atoms with van der Waals surface area (Å²) in [5.74, 6) is 0.811. The molecule has 2 unspecified atom stereocenters. The first-order chi connectivity index (χ1) is 9.16. The van der Waals surface area contributed by atoms with E-state index in [4.69, 9.17) is 0 Å². The summed E-state index contributed by atoms with van der Waals surface area (Å²) < 4.78 is 27.4. The standard InChI is InChI=1S/C12H15F2N5/c1-7-2-3-15-5-8(7)10-4-9(11(13)14)18-12-16-6-17-19(10)12/h4,6-8,11,15H,2-3,5H2,1H3. The Labute approximate surface area is 109 Å². The molecule has 3 rings (SSSR count). The van der Waals surface area contributed by atoms with Gasteiger partial charge in [-0.1, -0.05) is 6.92 Å². The zero-order valence-corrected chi connectivity index (χ0v) is 10.6. The molecule has 102 valence electrons. The third-order valence-corrected chi connectivity index (χ3v) is 3.73. The van der Waals surface area contributed by atoms with Crippen LogP contribution in [0.2, 0.25) is 0 Å². The molecule has 1 aliphatic heterocycles. The molecule has 2 aromatic heterocycles. The van der Waals surface area contributed by atoms with Crippen molar-refractivity contribution in [2.45, 2.75) is 25.7 Å². The second kappa shape index (κ2) is 4.80. The van der Waals surface area contributed by atoms with Gasteiger partial charge in [-0.05, 0) is 24.9 Å². The first kappa shape index (κ1) is 12.4. The minimum absolute atomic E-state index is 0.151. The molecule has 0 saturated carbocycles. The second-order valence-electron chi connectivity index (χ2n) is 4.95. The monoisotopic (exact) mass is 267 g/mol. The van der Waals surface area contributed by atoms with Crippen LogP contribution in [0, 0.1) is 5.92 Å². The number of nitrogens with zero attached hydrogens (tertiary/aromatic N) is 4. The number of piperidine rings is 1. The molecule has 19 heavy (non-hydrogen) atoms. The van der Waals surface area contributed by atoms with Gasteiger partial charge in [0.1, 0.15) is 12.0 Å². The van der Waals surface area contributed by atoms with Gasteiger partial charge < -0.3 is 5.32 Å². The van der Waals surface area contributed by atoms with E-state index in [1.54, 1.807) is 4.52 Å². The van der Waals surface area contributed by atoms with E-state index in [9.17, 15) is 8.78 Å². The molecule has 0 spiro atoms. The van der Waals surface area contributed by atoms with Gasteiger partial charge >= 0.3 is 0 Å². The lowest BCUT2D eigenvalue weighted by molar-refractivity contribution is 0.145. The van der Waals surface area contributed by atoms with Crippen LogP contribution in [-0.4, -0.2) is 32.7 Å². The van der Waals surface area contributed by atoms with Gasteiger partial charge in [0.15, 0.2) is 0 Å². The third-order valence-electron chi connectivity index (χ3n) is 3.73. The van der Waals surface area contributed by atoms with E-state index < -0.39 is 6.43 Å². The minimum Gasteiger partial charge on any atom is -0.316 e. The van der Waals surface area contributed by atoms with Crippen LogP contribution in [0.3, 0.4) is 0 Å². The van der Waals surface area contributed by atoms with Crippen LogP contribution in [0.4, 0.5) is 8.78 Å². The SMILES string of the molecule is CC1CCNCC1c1cc(C(F)F)nc2ncnn12. The number of hydrogen-bond donors (Lipinski definition) is 1. The molecule has 1 aliphatic rings. The third kappa shape index (κ3) is 2.18. The second-order valence-corrected chi connectivity index (χ2v) is 4.95. The summed E-state index contributed by atoms with van der Waals surface area (Å²) in [6.07, 6.45) is -0.220. The van der Waals surface area contributed by atoms with Gasteiger partial charge in [0.2, 0.25) is 0 Å². The van der Waals surface area contributed by atoms with E-state index in [1.807, 2.05) is 0 Å². The Balaban J connectivity index is 2.12. The maximum Gasteiger partial charge on any atom is 0.280 e. The highest BCUT2D eigenvalue weighted by molar-refractivity contribution is 5.32. The number of fused-ring (bicyclic) bond motifs is 1. The number of aromatic nitrogens is 4. The quantitative estimate of drug-likeness (QED) is 0.901. The minimum atomic E-state index is -2.59. The van der Waals surface area contributed by atoms with Crippen LogP contribution in [0.15, 0.2) is 12.4 Å². The van der Waals surface area contributed by atoms with Crippen LogP contribution in [0.5, 0.6) is 0 Å². The van der Waals surface area contributed by atoms with Crippen molar-refractivity contribution in [1.82, 2.24) is 24.9 Å². The van der Waals surface area contributed by atoms with Crippen molar-refractivity contribution < 1.29 is 8.78 Å². The highest BCUT2D eigenvalue weighted by Gasteiger charge is 2.27. The molecule has 3 heterocycles. The Bertz CT molecular complexity index is 583. The molecule has 1 fully saturated rings. The molecule has 0 aromatic carbocycles. The van der Waals surface area contributed by atoms with Crippen molar-refractivity contribution >= 4 is 5.78 Å². The maximum absolute atomic E-state index is 12.9. The lowest BCUT2D eigenvalue weighted by atomic mass is 9.85. The highest BCUT2D eigenvalue weighted by Crippen LogP contribution is 2.30. The molecule has 1 N–H and O–H groups in total. The fourth-order valence-electron chi connectivity index (χ4n) is 2.62. The molecule has 2 atom stereocenters. The molecule has 0 aliphatic carbocycles. The van der Waals surface area contributed by atoms with Gasteiger partial charge in [-0.15, -0.1) is 0 Å². The molecule has 0 radical (unpaired) electrons. The molecule has 1 saturated heterocycles. The van der Waals surface area contributed by atoms with Crippen LogP contribution >= 0.6 is 0 Å². The summed E-state index contributed by atoms with van der Waals surface area (Å²) in [6.45, 7) is 3.87. The molecular formula is C12H15F2N5. The number of halogens is 2. The van der Waals surface area contributed by atoms with Gasteiger partial charge in [-0.25, -0.2) is 18.3 Å².